The third-order valence-electron chi connectivity index (χ3n) is 5.40. The number of hydrogen-bond acceptors (Lipinski definition) is 2. The molecule has 4 nitrogen and oxygen atoms in total. The van der Waals surface area contributed by atoms with Crippen LogP contribution in [0.4, 0.5) is 0 Å². The average Bonchev–Trinajstić information content (AvgIpc) is 3.02. The van der Waals surface area contributed by atoms with Gasteiger partial charge in [-0.05, 0) is 55.6 Å². The predicted octanol–water partition coefficient (Wildman–Crippen LogP) is 5.97. The lowest BCUT2D eigenvalue weighted by Gasteiger charge is -2.33. The highest BCUT2D eigenvalue weighted by molar-refractivity contribution is 6.36. The monoisotopic (exact) mass is 438 g/mol. The van der Waals surface area contributed by atoms with E-state index in [0.717, 1.165) is 58.0 Å². The third-order valence-corrected chi connectivity index (χ3v) is 6.06. The van der Waals surface area contributed by atoms with Crippen LogP contribution < -0.4 is 0 Å². The fourth-order valence-electron chi connectivity index (χ4n) is 4.05. The van der Waals surface area contributed by atoms with Crippen LogP contribution in [0.15, 0.2) is 42.5 Å². The number of aromatic nitrogens is 1. The molecule has 0 amide bonds. The van der Waals surface area contributed by atoms with Crippen molar-refractivity contribution in [3.8, 4) is 0 Å². The van der Waals surface area contributed by atoms with Crippen LogP contribution in [0.1, 0.15) is 40.4 Å². The number of fused-ring (bicyclic) bond motifs is 1. The fraction of sp³-hybridized carbons (Fsp3) is 0.286. The molecule has 1 fully saturated rings. The number of carboxylic acid groups (broad SMARTS) is 1. The van der Waals surface area contributed by atoms with Crippen molar-refractivity contribution >= 4 is 52.5 Å². The molecule has 0 unspecified atom stereocenters. The summed E-state index contributed by atoms with van der Waals surface area (Å²) in [5.41, 5.74) is 3.04. The predicted molar refractivity (Wildman–Crippen MR) is 116 cm³/mol. The van der Waals surface area contributed by atoms with Crippen molar-refractivity contribution in [1.29, 1.82) is 0 Å². The topological polar surface area (TPSA) is 56.3 Å². The Bertz CT molecular complexity index is 974. The van der Waals surface area contributed by atoms with E-state index in [1.165, 1.54) is 0 Å². The van der Waals surface area contributed by atoms with E-state index in [0.29, 0.717) is 12.5 Å². The Labute approximate surface area is 179 Å². The maximum absolute atomic E-state index is 11.7. The van der Waals surface area contributed by atoms with Gasteiger partial charge in [0.2, 0.25) is 0 Å². The Morgan fingerprint density at radius 1 is 1.07 bits per heavy atom. The number of nitrogens with zero attached hydrogens (tertiary/aromatic N) is 1. The van der Waals surface area contributed by atoms with E-state index in [9.17, 15) is 9.90 Å². The number of benzene rings is 2. The first kappa shape index (κ1) is 21.0. The van der Waals surface area contributed by atoms with E-state index < -0.39 is 5.97 Å². The fourth-order valence-corrected chi connectivity index (χ4v) is 4.76. The highest BCUT2D eigenvalue weighted by atomic mass is 35.5. The molecule has 28 heavy (non-hydrogen) atoms. The third kappa shape index (κ3) is 4.01. The highest BCUT2D eigenvalue weighted by Gasteiger charge is 2.26. The Morgan fingerprint density at radius 3 is 2.36 bits per heavy atom. The number of nitrogens with one attached hydrogen (secondary N) is 1. The molecule has 0 atom stereocenters. The molecule has 0 bridgehead atoms. The number of halogens is 3. The summed E-state index contributed by atoms with van der Waals surface area (Å²) in [6.45, 7) is 2.38. The van der Waals surface area contributed by atoms with Gasteiger partial charge < -0.3 is 10.1 Å². The van der Waals surface area contributed by atoms with Gasteiger partial charge in [-0.3, -0.25) is 4.90 Å². The molecular formula is C21H21Cl3N2O2. The van der Waals surface area contributed by atoms with Crippen LogP contribution >= 0.6 is 35.6 Å². The van der Waals surface area contributed by atoms with Gasteiger partial charge in [0, 0.05) is 33.1 Å². The zero-order valence-electron chi connectivity index (χ0n) is 15.1. The Morgan fingerprint density at radius 2 is 1.71 bits per heavy atom. The van der Waals surface area contributed by atoms with Gasteiger partial charge in [0.15, 0.2) is 0 Å². The molecule has 2 N–H and O–H groups in total. The number of para-hydroxylation sites is 1. The molecular weight excluding hydrogens is 419 g/mol. The van der Waals surface area contributed by atoms with E-state index in [4.69, 9.17) is 23.2 Å². The molecule has 1 aromatic heterocycles. The molecule has 7 heteroatoms. The first-order valence-corrected chi connectivity index (χ1v) is 9.79. The van der Waals surface area contributed by atoms with Gasteiger partial charge in [-0.1, -0.05) is 47.5 Å². The molecule has 0 aliphatic carbocycles. The van der Waals surface area contributed by atoms with Crippen LogP contribution in [-0.4, -0.2) is 34.0 Å². The van der Waals surface area contributed by atoms with Crippen molar-refractivity contribution < 1.29 is 9.90 Å². The summed E-state index contributed by atoms with van der Waals surface area (Å²) >= 11 is 12.7. The minimum absolute atomic E-state index is 0. The van der Waals surface area contributed by atoms with Gasteiger partial charge in [0.05, 0.1) is 0 Å². The van der Waals surface area contributed by atoms with Crippen LogP contribution in [-0.2, 0) is 6.54 Å². The molecule has 0 saturated carbocycles. The van der Waals surface area contributed by atoms with Crippen LogP contribution in [0, 0.1) is 0 Å². The average molecular weight is 440 g/mol. The number of H-pyrrole nitrogens is 1. The Hall–Kier alpha value is -1.72. The molecule has 148 valence electrons. The van der Waals surface area contributed by atoms with Gasteiger partial charge in [-0.25, -0.2) is 4.79 Å². The van der Waals surface area contributed by atoms with Crippen molar-refractivity contribution in [1.82, 2.24) is 9.88 Å². The molecule has 3 aromatic rings. The van der Waals surface area contributed by atoms with E-state index in [1.807, 2.05) is 42.5 Å². The summed E-state index contributed by atoms with van der Waals surface area (Å²) in [5, 5.41) is 12.0. The molecule has 2 aromatic carbocycles. The lowest BCUT2D eigenvalue weighted by molar-refractivity contribution is 0.0688. The van der Waals surface area contributed by atoms with Gasteiger partial charge in [0.25, 0.3) is 0 Å². The second-order valence-electron chi connectivity index (χ2n) is 7.02. The number of hydrogen-bond donors (Lipinski definition) is 2. The van der Waals surface area contributed by atoms with Gasteiger partial charge in [0.1, 0.15) is 5.69 Å². The molecule has 1 aliphatic heterocycles. The normalized spacial score (nSPS) is 15.5. The van der Waals surface area contributed by atoms with Gasteiger partial charge >= 0.3 is 5.97 Å². The molecule has 2 heterocycles. The number of rotatable bonds is 4. The summed E-state index contributed by atoms with van der Waals surface area (Å²) in [4.78, 5) is 17.0. The standard InChI is InChI=1S/C21H20Cl2N2O2.ClH/c22-16-5-3-6-17(23)19(16)13-8-10-25(11-9-13)12-15-14-4-1-2-7-18(14)24-20(15)21(26)27;/h1-7,13,24H,8-12H2,(H,26,27);1H. The number of carboxylic acids is 1. The highest BCUT2D eigenvalue weighted by Crippen LogP contribution is 2.38. The SMILES string of the molecule is Cl.O=C(O)c1[nH]c2ccccc2c1CN1CCC(c2c(Cl)cccc2Cl)CC1. The molecule has 0 radical (unpaired) electrons. The smallest absolute Gasteiger partial charge is 0.352 e. The van der Waals surface area contributed by atoms with Crippen molar-refractivity contribution in [3.05, 3.63) is 69.3 Å². The summed E-state index contributed by atoms with van der Waals surface area (Å²) in [5.74, 6) is -0.580. The summed E-state index contributed by atoms with van der Waals surface area (Å²) in [6.07, 6.45) is 1.91. The van der Waals surface area contributed by atoms with Gasteiger partial charge in [-0.15, -0.1) is 12.4 Å². The van der Waals surface area contributed by atoms with E-state index in [2.05, 4.69) is 9.88 Å². The minimum atomic E-state index is -0.918. The Kier molecular flexibility index (Phi) is 6.56. The zero-order valence-corrected chi connectivity index (χ0v) is 17.4. The lowest BCUT2D eigenvalue weighted by Crippen LogP contribution is -2.33. The first-order chi connectivity index (χ1) is 13.0. The second-order valence-corrected chi connectivity index (χ2v) is 7.83. The summed E-state index contributed by atoms with van der Waals surface area (Å²) < 4.78 is 0. The van der Waals surface area contributed by atoms with Crippen molar-refractivity contribution in [2.45, 2.75) is 25.3 Å². The number of carbonyl (C=O) groups is 1. The van der Waals surface area contributed by atoms with Crippen molar-refractivity contribution in [2.24, 2.45) is 0 Å². The van der Waals surface area contributed by atoms with Crippen LogP contribution in [0.25, 0.3) is 10.9 Å². The molecule has 0 spiro atoms. The summed E-state index contributed by atoms with van der Waals surface area (Å²) in [7, 11) is 0. The van der Waals surface area contributed by atoms with Crippen molar-refractivity contribution in [3.63, 3.8) is 0 Å². The number of aromatic carboxylic acids is 1. The molecule has 1 aliphatic rings. The molecule has 4 rings (SSSR count). The zero-order chi connectivity index (χ0) is 19.0. The van der Waals surface area contributed by atoms with Crippen LogP contribution in [0.3, 0.4) is 0 Å². The first-order valence-electron chi connectivity index (χ1n) is 9.03. The Balaban J connectivity index is 0.00000225. The number of likely N-dealkylation sites (tertiary alicyclic amines) is 1. The van der Waals surface area contributed by atoms with E-state index in [-0.39, 0.29) is 18.1 Å². The quantitative estimate of drug-likeness (QED) is 0.526. The second kappa shape index (κ2) is 8.75. The minimum Gasteiger partial charge on any atom is -0.477 e. The largest absolute Gasteiger partial charge is 0.477 e. The lowest BCUT2D eigenvalue weighted by atomic mass is 9.89. The van der Waals surface area contributed by atoms with Crippen molar-refractivity contribution in [2.75, 3.05) is 13.1 Å². The summed E-state index contributed by atoms with van der Waals surface area (Å²) in [6, 6.07) is 13.4. The number of piperidine rings is 1. The van der Waals surface area contributed by atoms with Gasteiger partial charge in [-0.2, -0.15) is 0 Å². The van der Waals surface area contributed by atoms with E-state index in [1.54, 1.807) is 0 Å². The number of aromatic amines is 1. The maximum Gasteiger partial charge on any atom is 0.352 e. The van der Waals surface area contributed by atoms with Crippen LogP contribution in [0.2, 0.25) is 10.0 Å². The van der Waals surface area contributed by atoms with E-state index >= 15 is 0 Å². The maximum atomic E-state index is 11.7. The molecule has 1 saturated heterocycles. The van der Waals surface area contributed by atoms with Crippen LogP contribution in [0.5, 0.6) is 0 Å².